The maximum absolute atomic E-state index is 13.2. The molecule has 0 fully saturated rings. The Labute approximate surface area is 140 Å². The molecule has 7 heteroatoms. The number of hydrogen-bond acceptors (Lipinski definition) is 5. The molecule has 0 atom stereocenters. The predicted octanol–water partition coefficient (Wildman–Crippen LogP) is 3.13. The fourth-order valence-electron chi connectivity index (χ4n) is 2.59. The van der Waals surface area contributed by atoms with Crippen LogP contribution in [0.15, 0.2) is 56.7 Å². The Bertz CT molecular complexity index is 1180. The molecule has 124 valence electrons. The van der Waals surface area contributed by atoms with E-state index in [4.69, 9.17) is 4.42 Å². The van der Waals surface area contributed by atoms with Gasteiger partial charge in [-0.05, 0) is 30.3 Å². The maximum Gasteiger partial charge on any atom is 0.348 e. The number of imidazole rings is 1. The molecule has 0 radical (unpaired) electrons. The number of aliphatic imine (C=N–C) groups is 1. The number of aromatic nitrogens is 2. The summed E-state index contributed by atoms with van der Waals surface area (Å²) in [4.78, 5) is 23.3. The SMILES string of the molecule is O=c1oc2ccccc2c(O)c1C=NCc1nc2ccc(F)cc2[nH]1. The summed E-state index contributed by atoms with van der Waals surface area (Å²) in [5.41, 5.74) is 0.798. The first-order valence-electron chi connectivity index (χ1n) is 7.50. The van der Waals surface area contributed by atoms with Crippen LogP contribution in [0, 0.1) is 5.82 Å². The Morgan fingerprint density at radius 1 is 1.28 bits per heavy atom. The molecule has 2 N–H and O–H groups in total. The largest absolute Gasteiger partial charge is 0.506 e. The summed E-state index contributed by atoms with van der Waals surface area (Å²) in [7, 11) is 0. The van der Waals surface area contributed by atoms with Gasteiger partial charge in [0.2, 0.25) is 0 Å². The van der Waals surface area contributed by atoms with Crippen LogP contribution in [0.25, 0.3) is 22.0 Å². The molecule has 0 unspecified atom stereocenters. The number of para-hydroxylation sites is 1. The third-order valence-electron chi connectivity index (χ3n) is 3.77. The van der Waals surface area contributed by atoms with Crippen molar-refractivity contribution in [3.8, 4) is 5.75 Å². The number of halogens is 1. The van der Waals surface area contributed by atoms with Gasteiger partial charge in [0.05, 0.1) is 23.0 Å². The molecule has 2 heterocycles. The molecule has 4 rings (SSSR count). The second-order valence-electron chi connectivity index (χ2n) is 5.46. The van der Waals surface area contributed by atoms with Crippen molar-refractivity contribution in [2.45, 2.75) is 6.54 Å². The van der Waals surface area contributed by atoms with Crippen LogP contribution < -0.4 is 5.63 Å². The Kier molecular flexibility index (Phi) is 3.53. The van der Waals surface area contributed by atoms with E-state index in [0.29, 0.717) is 27.8 Å². The standard InChI is InChI=1S/C18H12FN3O3/c19-10-5-6-13-14(7-10)22-16(21-13)9-20-8-12-17(23)11-3-1-2-4-15(11)25-18(12)24/h1-8,23H,9H2,(H,21,22). The van der Waals surface area contributed by atoms with Crippen LogP contribution in [0.5, 0.6) is 5.75 Å². The molecule has 25 heavy (non-hydrogen) atoms. The predicted molar refractivity (Wildman–Crippen MR) is 91.5 cm³/mol. The van der Waals surface area contributed by atoms with E-state index >= 15 is 0 Å². The van der Waals surface area contributed by atoms with Crippen LogP contribution in [-0.4, -0.2) is 21.3 Å². The number of benzene rings is 2. The van der Waals surface area contributed by atoms with Crippen molar-refractivity contribution in [1.29, 1.82) is 0 Å². The highest BCUT2D eigenvalue weighted by Crippen LogP contribution is 2.24. The lowest BCUT2D eigenvalue weighted by molar-refractivity contribution is 0.466. The number of fused-ring (bicyclic) bond motifs is 2. The molecule has 0 aliphatic heterocycles. The van der Waals surface area contributed by atoms with Crippen LogP contribution in [0.3, 0.4) is 0 Å². The van der Waals surface area contributed by atoms with E-state index in [1.54, 1.807) is 30.3 Å². The zero-order chi connectivity index (χ0) is 17.4. The van der Waals surface area contributed by atoms with Crippen LogP contribution in [0.4, 0.5) is 4.39 Å². The number of rotatable bonds is 3. The Morgan fingerprint density at radius 2 is 2.12 bits per heavy atom. The second-order valence-corrected chi connectivity index (χ2v) is 5.46. The summed E-state index contributed by atoms with van der Waals surface area (Å²) in [6, 6.07) is 10.9. The Morgan fingerprint density at radius 3 is 3.00 bits per heavy atom. The average molecular weight is 337 g/mol. The molecule has 2 aromatic carbocycles. The number of hydrogen-bond donors (Lipinski definition) is 2. The minimum atomic E-state index is -0.674. The highest BCUT2D eigenvalue weighted by molar-refractivity contribution is 5.93. The normalized spacial score (nSPS) is 11.7. The van der Waals surface area contributed by atoms with Gasteiger partial charge in [-0.15, -0.1) is 0 Å². The third-order valence-corrected chi connectivity index (χ3v) is 3.77. The summed E-state index contributed by atoms with van der Waals surface area (Å²) >= 11 is 0. The van der Waals surface area contributed by atoms with Gasteiger partial charge in [0.1, 0.15) is 28.5 Å². The zero-order valence-electron chi connectivity index (χ0n) is 12.9. The van der Waals surface area contributed by atoms with Crippen molar-refractivity contribution < 1.29 is 13.9 Å². The number of nitrogens with one attached hydrogen (secondary N) is 1. The molecule has 0 aliphatic rings. The van der Waals surface area contributed by atoms with Gasteiger partial charge in [-0.25, -0.2) is 14.2 Å². The van der Waals surface area contributed by atoms with Gasteiger partial charge < -0.3 is 14.5 Å². The van der Waals surface area contributed by atoms with E-state index in [1.807, 2.05) is 0 Å². The van der Waals surface area contributed by atoms with Crippen LogP contribution in [-0.2, 0) is 6.54 Å². The Hall–Kier alpha value is -3.48. The first-order chi connectivity index (χ1) is 12.1. The monoisotopic (exact) mass is 337 g/mol. The first kappa shape index (κ1) is 15.1. The van der Waals surface area contributed by atoms with E-state index in [1.165, 1.54) is 18.3 Å². The van der Waals surface area contributed by atoms with E-state index < -0.39 is 5.63 Å². The minimum absolute atomic E-state index is 0.0270. The van der Waals surface area contributed by atoms with Gasteiger partial charge in [0.25, 0.3) is 0 Å². The summed E-state index contributed by atoms with van der Waals surface area (Å²) in [6.45, 7) is 0.141. The summed E-state index contributed by atoms with van der Waals surface area (Å²) < 4.78 is 18.4. The molecule has 0 amide bonds. The quantitative estimate of drug-likeness (QED) is 0.444. The van der Waals surface area contributed by atoms with Crippen molar-refractivity contribution >= 4 is 28.2 Å². The summed E-state index contributed by atoms with van der Waals surface area (Å²) in [6.07, 6.45) is 1.25. The number of aromatic hydroxyl groups is 1. The molecule has 0 aliphatic carbocycles. The molecule has 0 spiro atoms. The van der Waals surface area contributed by atoms with Gasteiger partial charge in [-0.1, -0.05) is 12.1 Å². The first-order valence-corrected chi connectivity index (χ1v) is 7.50. The number of aromatic amines is 1. The molecule has 4 aromatic rings. The highest BCUT2D eigenvalue weighted by Gasteiger charge is 2.11. The molecule has 0 saturated heterocycles. The zero-order valence-corrected chi connectivity index (χ0v) is 12.9. The van der Waals surface area contributed by atoms with Crippen LogP contribution in [0.1, 0.15) is 11.4 Å². The second kappa shape index (κ2) is 5.86. The van der Waals surface area contributed by atoms with Gasteiger partial charge in [-0.2, -0.15) is 0 Å². The maximum atomic E-state index is 13.2. The topological polar surface area (TPSA) is 91.5 Å². The van der Waals surface area contributed by atoms with Crippen molar-refractivity contribution in [3.05, 3.63) is 70.1 Å². The smallest absolute Gasteiger partial charge is 0.348 e. The highest BCUT2D eigenvalue weighted by atomic mass is 19.1. The fraction of sp³-hybridized carbons (Fsp3) is 0.0556. The number of nitrogens with zero attached hydrogens (tertiary/aromatic N) is 2. The molecule has 0 saturated carbocycles. The van der Waals surface area contributed by atoms with E-state index in [2.05, 4.69) is 15.0 Å². The van der Waals surface area contributed by atoms with E-state index in [9.17, 15) is 14.3 Å². The van der Waals surface area contributed by atoms with Crippen molar-refractivity contribution in [2.75, 3.05) is 0 Å². The van der Waals surface area contributed by atoms with Gasteiger partial charge in [0, 0.05) is 6.21 Å². The van der Waals surface area contributed by atoms with Crippen molar-refractivity contribution in [3.63, 3.8) is 0 Å². The average Bonchev–Trinajstić information content (AvgIpc) is 2.99. The van der Waals surface area contributed by atoms with Crippen LogP contribution in [0.2, 0.25) is 0 Å². The molecule has 6 nitrogen and oxygen atoms in total. The minimum Gasteiger partial charge on any atom is -0.506 e. The van der Waals surface area contributed by atoms with E-state index in [-0.39, 0.29) is 23.7 Å². The van der Waals surface area contributed by atoms with Gasteiger partial charge in [-0.3, -0.25) is 4.99 Å². The van der Waals surface area contributed by atoms with Crippen molar-refractivity contribution in [1.82, 2.24) is 9.97 Å². The molecular weight excluding hydrogens is 325 g/mol. The Balaban J connectivity index is 1.65. The molecular formula is C18H12FN3O3. The van der Waals surface area contributed by atoms with Crippen LogP contribution >= 0.6 is 0 Å². The third kappa shape index (κ3) is 2.76. The lowest BCUT2D eigenvalue weighted by atomic mass is 10.1. The molecule has 2 aromatic heterocycles. The van der Waals surface area contributed by atoms with Gasteiger partial charge in [0.15, 0.2) is 0 Å². The number of H-pyrrole nitrogens is 1. The summed E-state index contributed by atoms with van der Waals surface area (Å²) in [5, 5.41) is 10.7. The fourth-order valence-corrected chi connectivity index (χ4v) is 2.59. The lowest BCUT2D eigenvalue weighted by Gasteiger charge is -2.01. The van der Waals surface area contributed by atoms with Gasteiger partial charge >= 0.3 is 5.63 Å². The van der Waals surface area contributed by atoms with Crippen molar-refractivity contribution in [2.24, 2.45) is 4.99 Å². The molecule has 0 bridgehead atoms. The van der Waals surface area contributed by atoms with E-state index in [0.717, 1.165) is 0 Å². The summed E-state index contributed by atoms with van der Waals surface area (Å²) in [5.74, 6) is -0.0197. The lowest BCUT2D eigenvalue weighted by Crippen LogP contribution is -2.07.